The highest BCUT2D eigenvalue weighted by molar-refractivity contribution is 6.07. The second kappa shape index (κ2) is 4.39. The quantitative estimate of drug-likeness (QED) is 0.492. The Bertz CT molecular complexity index is 300. The van der Waals surface area contributed by atoms with Crippen molar-refractivity contribution in [1.82, 2.24) is 15.5 Å². The molecular weight excluding hydrogens is 210 g/mol. The van der Waals surface area contributed by atoms with Gasteiger partial charge in [0, 0.05) is 26.8 Å². The fourth-order valence-corrected chi connectivity index (χ4v) is 2.23. The van der Waals surface area contributed by atoms with E-state index in [4.69, 9.17) is 4.74 Å². The van der Waals surface area contributed by atoms with Crippen LogP contribution in [0.1, 0.15) is 12.8 Å². The molecule has 1 atom stereocenters. The van der Waals surface area contributed by atoms with Gasteiger partial charge >= 0.3 is 6.03 Å². The van der Waals surface area contributed by atoms with Crippen LogP contribution in [-0.4, -0.2) is 55.7 Å². The van der Waals surface area contributed by atoms with Gasteiger partial charge in [-0.3, -0.25) is 9.69 Å². The van der Waals surface area contributed by atoms with Crippen molar-refractivity contribution in [2.45, 2.75) is 18.4 Å². The highest BCUT2D eigenvalue weighted by atomic mass is 16.5. The van der Waals surface area contributed by atoms with Crippen LogP contribution in [0.25, 0.3) is 0 Å². The molecule has 6 heteroatoms. The van der Waals surface area contributed by atoms with E-state index in [-0.39, 0.29) is 11.9 Å². The first-order valence-electron chi connectivity index (χ1n) is 5.53. The summed E-state index contributed by atoms with van der Waals surface area (Å²) in [5.74, 6) is -0.0985. The second-order valence-electron chi connectivity index (χ2n) is 4.24. The number of nitrogens with zero attached hydrogens (tertiary/aromatic N) is 1. The highest BCUT2D eigenvalue weighted by Crippen LogP contribution is 2.24. The summed E-state index contributed by atoms with van der Waals surface area (Å²) >= 11 is 0. The molecule has 2 fully saturated rings. The summed E-state index contributed by atoms with van der Waals surface area (Å²) in [6.07, 6.45) is 1.36. The van der Waals surface area contributed by atoms with Gasteiger partial charge in [0.25, 0.3) is 5.91 Å². The predicted octanol–water partition coefficient (Wildman–Crippen LogP) is -0.693. The number of nitrogens with one attached hydrogen (secondary N) is 2. The molecule has 0 aromatic rings. The Labute approximate surface area is 94.3 Å². The molecule has 2 rings (SSSR count). The third-order valence-corrected chi connectivity index (χ3v) is 3.13. The molecule has 0 bridgehead atoms. The van der Waals surface area contributed by atoms with E-state index in [1.54, 1.807) is 7.11 Å². The number of rotatable bonds is 4. The Morgan fingerprint density at radius 2 is 2.31 bits per heavy atom. The van der Waals surface area contributed by atoms with Crippen LogP contribution >= 0.6 is 0 Å². The second-order valence-corrected chi connectivity index (χ2v) is 4.24. The number of hydrogen-bond donors (Lipinski definition) is 2. The van der Waals surface area contributed by atoms with E-state index in [9.17, 15) is 9.59 Å². The van der Waals surface area contributed by atoms with Gasteiger partial charge in [0.2, 0.25) is 0 Å². The van der Waals surface area contributed by atoms with Gasteiger partial charge in [0.05, 0.1) is 0 Å². The molecule has 6 nitrogen and oxygen atoms in total. The standard InChI is InChI=1S/C10H17N3O3/c1-16-6-2-5-13-8(14)10(12-9(13)15)3-4-11-7-10/h11H,2-7H2,1H3,(H,12,15). The van der Waals surface area contributed by atoms with E-state index < -0.39 is 5.54 Å². The topological polar surface area (TPSA) is 70.7 Å². The fourth-order valence-electron chi connectivity index (χ4n) is 2.23. The molecule has 2 heterocycles. The van der Waals surface area contributed by atoms with Crippen molar-refractivity contribution >= 4 is 11.9 Å². The smallest absolute Gasteiger partial charge is 0.325 e. The summed E-state index contributed by atoms with van der Waals surface area (Å²) in [6.45, 7) is 2.30. The zero-order chi connectivity index (χ0) is 11.6. The van der Waals surface area contributed by atoms with Gasteiger partial charge in [-0.1, -0.05) is 0 Å². The summed E-state index contributed by atoms with van der Waals surface area (Å²) in [6, 6.07) is -0.273. The van der Waals surface area contributed by atoms with Gasteiger partial charge < -0.3 is 15.4 Å². The van der Waals surface area contributed by atoms with Crippen molar-refractivity contribution in [2.24, 2.45) is 0 Å². The summed E-state index contributed by atoms with van der Waals surface area (Å²) in [4.78, 5) is 25.1. The first-order valence-corrected chi connectivity index (χ1v) is 5.53. The Morgan fingerprint density at radius 3 is 2.94 bits per heavy atom. The molecule has 1 spiro atoms. The molecule has 0 saturated carbocycles. The van der Waals surface area contributed by atoms with Crippen LogP contribution in [-0.2, 0) is 9.53 Å². The Balaban J connectivity index is 1.99. The first kappa shape index (κ1) is 11.3. The van der Waals surface area contributed by atoms with E-state index in [1.165, 1.54) is 4.90 Å². The molecule has 0 radical (unpaired) electrons. The molecule has 2 aliphatic rings. The van der Waals surface area contributed by atoms with Gasteiger partial charge in [-0.15, -0.1) is 0 Å². The van der Waals surface area contributed by atoms with Crippen LogP contribution in [0, 0.1) is 0 Å². The van der Waals surface area contributed by atoms with Crippen LogP contribution in [0.4, 0.5) is 4.79 Å². The van der Waals surface area contributed by atoms with Crippen LogP contribution < -0.4 is 10.6 Å². The maximum atomic E-state index is 12.1. The van der Waals surface area contributed by atoms with Gasteiger partial charge in [-0.2, -0.15) is 0 Å². The van der Waals surface area contributed by atoms with E-state index >= 15 is 0 Å². The SMILES string of the molecule is COCCCN1C(=O)NC2(CCNC2)C1=O. The van der Waals surface area contributed by atoms with Crippen LogP contribution in [0.2, 0.25) is 0 Å². The van der Waals surface area contributed by atoms with Crippen molar-refractivity contribution in [2.75, 3.05) is 33.4 Å². The molecule has 0 aromatic heterocycles. The molecular formula is C10H17N3O3. The number of hydrogen-bond acceptors (Lipinski definition) is 4. The summed E-state index contributed by atoms with van der Waals surface area (Å²) < 4.78 is 4.91. The van der Waals surface area contributed by atoms with Crippen LogP contribution in [0.5, 0.6) is 0 Å². The lowest BCUT2D eigenvalue weighted by Gasteiger charge is -2.19. The van der Waals surface area contributed by atoms with E-state index in [1.807, 2.05) is 0 Å². The maximum Gasteiger partial charge on any atom is 0.325 e. The van der Waals surface area contributed by atoms with Gasteiger partial charge in [-0.25, -0.2) is 4.79 Å². The van der Waals surface area contributed by atoms with Crippen molar-refractivity contribution < 1.29 is 14.3 Å². The summed E-state index contributed by atoms with van der Waals surface area (Å²) in [7, 11) is 1.61. The molecule has 0 aliphatic carbocycles. The normalized spacial score (nSPS) is 29.2. The summed E-state index contributed by atoms with van der Waals surface area (Å²) in [5, 5.41) is 5.90. The van der Waals surface area contributed by atoms with Gasteiger partial charge in [-0.05, 0) is 19.4 Å². The van der Waals surface area contributed by atoms with Crippen molar-refractivity contribution in [3.8, 4) is 0 Å². The number of urea groups is 1. The van der Waals surface area contributed by atoms with Gasteiger partial charge in [0.1, 0.15) is 5.54 Å². The zero-order valence-corrected chi connectivity index (χ0v) is 9.41. The lowest BCUT2D eigenvalue weighted by atomic mass is 9.99. The van der Waals surface area contributed by atoms with Gasteiger partial charge in [0.15, 0.2) is 0 Å². The van der Waals surface area contributed by atoms with Crippen LogP contribution in [0.3, 0.4) is 0 Å². The first-order chi connectivity index (χ1) is 7.69. The third-order valence-electron chi connectivity index (χ3n) is 3.13. The molecule has 90 valence electrons. The lowest BCUT2D eigenvalue weighted by molar-refractivity contribution is -0.130. The predicted molar refractivity (Wildman–Crippen MR) is 57.0 cm³/mol. The Morgan fingerprint density at radius 1 is 1.50 bits per heavy atom. The van der Waals surface area contributed by atoms with E-state index in [2.05, 4.69) is 10.6 Å². The summed E-state index contributed by atoms with van der Waals surface area (Å²) in [5.41, 5.74) is -0.676. The Kier molecular flexibility index (Phi) is 3.11. The average molecular weight is 227 g/mol. The Hall–Kier alpha value is -1.14. The number of carbonyl (C=O) groups excluding carboxylic acids is 2. The molecule has 1 unspecified atom stereocenters. The molecule has 2 N–H and O–H groups in total. The van der Waals surface area contributed by atoms with Crippen molar-refractivity contribution in [1.29, 1.82) is 0 Å². The highest BCUT2D eigenvalue weighted by Gasteiger charge is 2.52. The number of ether oxygens (including phenoxy) is 1. The minimum Gasteiger partial charge on any atom is -0.385 e. The maximum absolute atomic E-state index is 12.1. The van der Waals surface area contributed by atoms with Crippen molar-refractivity contribution in [3.05, 3.63) is 0 Å². The number of carbonyl (C=O) groups is 2. The number of methoxy groups -OCH3 is 1. The molecule has 3 amide bonds. The third kappa shape index (κ3) is 1.78. The minimum atomic E-state index is -0.676. The molecule has 0 aromatic carbocycles. The van der Waals surface area contributed by atoms with E-state index in [0.29, 0.717) is 32.5 Å². The zero-order valence-electron chi connectivity index (χ0n) is 9.41. The number of amides is 3. The van der Waals surface area contributed by atoms with Crippen molar-refractivity contribution in [3.63, 3.8) is 0 Å². The fraction of sp³-hybridized carbons (Fsp3) is 0.800. The average Bonchev–Trinajstić information content (AvgIpc) is 2.80. The van der Waals surface area contributed by atoms with Crippen LogP contribution in [0.15, 0.2) is 0 Å². The molecule has 2 aliphatic heterocycles. The monoisotopic (exact) mass is 227 g/mol. The molecule has 16 heavy (non-hydrogen) atoms. The minimum absolute atomic E-state index is 0.0985. The van der Waals surface area contributed by atoms with E-state index in [0.717, 1.165) is 6.54 Å². The number of imide groups is 1. The lowest BCUT2D eigenvalue weighted by Crippen LogP contribution is -2.48. The molecule has 2 saturated heterocycles. The largest absolute Gasteiger partial charge is 0.385 e.